The lowest BCUT2D eigenvalue weighted by Gasteiger charge is -2.14. The summed E-state index contributed by atoms with van der Waals surface area (Å²) in [5, 5.41) is 6.92. The van der Waals surface area contributed by atoms with E-state index in [4.69, 9.17) is 11.1 Å². The van der Waals surface area contributed by atoms with Gasteiger partial charge in [0.1, 0.15) is 0 Å². The second kappa shape index (κ2) is 8.85. The van der Waals surface area contributed by atoms with Crippen LogP contribution in [0.4, 0.5) is 0 Å². The van der Waals surface area contributed by atoms with E-state index < -0.39 is 0 Å². The van der Waals surface area contributed by atoms with Gasteiger partial charge in [-0.25, -0.2) is 0 Å². The zero-order chi connectivity index (χ0) is 9.49. The summed E-state index contributed by atoms with van der Waals surface area (Å²) in [7, 11) is 0. The van der Waals surface area contributed by atoms with Crippen LogP contribution in [0.15, 0.2) is 0 Å². The number of halogens is 1. The van der Waals surface area contributed by atoms with Gasteiger partial charge in [0.25, 0.3) is 0 Å². The summed E-state index contributed by atoms with van der Waals surface area (Å²) >= 11 is 0. The molecule has 0 aliphatic rings. The summed E-state index contributed by atoms with van der Waals surface area (Å²) in [5.41, 5.74) is 5.01. The Morgan fingerprint density at radius 2 is 1.33 bits per heavy atom. The van der Waals surface area contributed by atoms with Gasteiger partial charge < -0.3 is 5.73 Å². The van der Waals surface area contributed by atoms with E-state index in [0.717, 1.165) is 0 Å². The number of rotatable bonds is 1. The maximum Gasteiger partial charge on any atom is 0.0960 e. The molecule has 0 atom stereocenters. The molecule has 76 valence electrons. The molecule has 0 aromatic heterocycles. The third kappa shape index (κ3) is 16.4. The average molecular weight is 195 g/mol. The van der Waals surface area contributed by atoms with Gasteiger partial charge in [-0.05, 0) is 0 Å². The molecule has 0 spiro atoms. The number of amidine groups is 1. The van der Waals surface area contributed by atoms with E-state index in [1.54, 1.807) is 0 Å². The van der Waals surface area contributed by atoms with Crippen molar-refractivity contribution in [2.24, 2.45) is 11.1 Å². The molecule has 3 N–H and O–H groups in total. The molecule has 0 rings (SSSR count). The maximum absolute atomic E-state index is 6.92. The minimum atomic E-state index is -0.139. The Balaban J connectivity index is -0.000000142. The van der Waals surface area contributed by atoms with Crippen LogP contribution >= 0.6 is 12.4 Å². The van der Waals surface area contributed by atoms with Gasteiger partial charge in [0.05, 0.1) is 5.84 Å². The van der Waals surface area contributed by atoms with Gasteiger partial charge in [0.2, 0.25) is 0 Å². The van der Waals surface area contributed by atoms with E-state index in [1.165, 1.54) is 12.8 Å². The summed E-state index contributed by atoms with van der Waals surface area (Å²) in [6.07, 6.45) is 2.64. The van der Waals surface area contributed by atoms with Gasteiger partial charge >= 0.3 is 0 Å². The van der Waals surface area contributed by atoms with Crippen molar-refractivity contribution >= 4 is 18.2 Å². The molecule has 0 radical (unpaired) electrons. The molecule has 3 heteroatoms. The first kappa shape index (κ1) is 17.7. The molecule has 0 unspecified atom stereocenters. The molecule has 0 heterocycles. The predicted octanol–water partition coefficient (Wildman–Crippen LogP) is 3.20. The fourth-order valence-electron chi connectivity index (χ4n) is 0. The summed E-state index contributed by atoms with van der Waals surface area (Å²) in [5.74, 6) is 0.243. The van der Waals surface area contributed by atoms with Crippen LogP contribution in [0.25, 0.3) is 0 Å². The van der Waals surface area contributed by atoms with E-state index in [2.05, 4.69) is 13.8 Å². The van der Waals surface area contributed by atoms with E-state index in [9.17, 15) is 0 Å². The molecular formula is C9H23ClN2. The lowest BCUT2D eigenvalue weighted by Crippen LogP contribution is -2.27. The number of unbranched alkanes of at least 4 members (excludes halogenated alkanes) is 1. The van der Waals surface area contributed by atoms with Crippen LogP contribution in [0, 0.1) is 10.8 Å². The Labute approximate surface area is 82.8 Å². The summed E-state index contributed by atoms with van der Waals surface area (Å²) in [6.45, 7) is 10.1. The standard InChI is InChI=1S/C5H12N2.C4H10.ClH/c1-5(2,3)4(6)7;1-3-4-2;/h1-3H3,(H3,6,7);3-4H2,1-2H3;1H. The van der Waals surface area contributed by atoms with Crippen LogP contribution in [-0.4, -0.2) is 5.84 Å². The van der Waals surface area contributed by atoms with Crippen LogP contribution in [-0.2, 0) is 0 Å². The highest BCUT2D eigenvalue weighted by Gasteiger charge is 2.12. The Morgan fingerprint density at radius 3 is 1.33 bits per heavy atom. The van der Waals surface area contributed by atoms with Crippen molar-refractivity contribution in [1.82, 2.24) is 0 Å². The number of hydrogen-bond donors (Lipinski definition) is 2. The molecule has 0 amide bonds. The van der Waals surface area contributed by atoms with E-state index in [0.29, 0.717) is 0 Å². The van der Waals surface area contributed by atoms with Crippen molar-refractivity contribution in [1.29, 1.82) is 5.41 Å². The summed E-state index contributed by atoms with van der Waals surface area (Å²) < 4.78 is 0. The first-order valence-corrected chi connectivity index (χ1v) is 4.20. The minimum absolute atomic E-state index is 0. The second-order valence-corrected chi connectivity index (χ2v) is 3.66. The number of nitrogens with one attached hydrogen (secondary N) is 1. The third-order valence-electron chi connectivity index (χ3n) is 1.31. The zero-order valence-corrected chi connectivity index (χ0v) is 9.72. The van der Waals surface area contributed by atoms with Crippen LogP contribution in [0.2, 0.25) is 0 Å². The Hall–Kier alpha value is -0.240. The lowest BCUT2D eigenvalue weighted by atomic mass is 9.96. The van der Waals surface area contributed by atoms with Gasteiger partial charge in [-0.15, -0.1) is 12.4 Å². The lowest BCUT2D eigenvalue weighted by molar-refractivity contribution is 0.581. The first-order chi connectivity index (χ1) is 4.86. The van der Waals surface area contributed by atoms with Gasteiger partial charge in [-0.1, -0.05) is 47.5 Å². The molecule has 0 aromatic carbocycles. The highest BCUT2D eigenvalue weighted by molar-refractivity contribution is 5.85. The Kier molecular flexibility index (Phi) is 13.1. The summed E-state index contributed by atoms with van der Waals surface area (Å²) in [4.78, 5) is 0. The zero-order valence-electron chi connectivity index (χ0n) is 8.90. The highest BCUT2D eigenvalue weighted by atomic mass is 35.5. The van der Waals surface area contributed by atoms with Crippen LogP contribution < -0.4 is 5.73 Å². The maximum atomic E-state index is 6.92. The monoisotopic (exact) mass is 194 g/mol. The predicted molar refractivity (Wildman–Crippen MR) is 59.2 cm³/mol. The summed E-state index contributed by atoms with van der Waals surface area (Å²) in [6, 6.07) is 0. The van der Waals surface area contributed by atoms with Crippen molar-refractivity contribution in [2.75, 3.05) is 0 Å². The molecule has 0 bridgehead atoms. The average Bonchev–Trinajstić information content (AvgIpc) is 1.87. The minimum Gasteiger partial charge on any atom is -0.387 e. The van der Waals surface area contributed by atoms with Crippen molar-refractivity contribution in [3.8, 4) is 0 Å². The normalized spacial score (nSPS) is 9.08. The first-order valence-electron chi connectivity index (χ1n) is 4.20. The largest absolute Gasteiger partial charge is 0.387 e. The van der Waals surface area contributed by atoms with Crippen molar-refractivity contribution < 1.29 is 0 Å². The van der Waals surface area contributed by atoms with Gasteiger partial charge in [0.15, 0.2) is 0 Å². The van der Waals surface area contributed by atoms with Crippen LogP contribution in [0.1, 0.15) is 47.5 Å². The van der Waals surface area contributed by atoms with Crippen molar-refractivity contribution in [3.63, 3.8) is 0 Å². The third-order valence-corrected chi connectivity index (χ3v) is 1.31. The molecule has 12 heavy (non-hydrogen) atoms. The second-order valence-electron chi connectivity index (χ2n) is 3.66. The van der Waals surface area contributed by atoms with Crippen molar-refractivity contribution in [2.45, 2.75) is 47.5 Å². The fraction of sp³-hybridized carbons (Fsp3) is 0.889. The van der Waals surface area contributed by atoms with Crippen LogP contribution in [0.5, 0.6) is 0 Å². The van der Waals surface area contributed by atoms with E-state index >= 15 is 0 Å². The quantitative estimate of drug-likeness (QED) is 0.489. The highest BCUT2D eigenvalue weighted by Crippen LogP contribution is 2.10. The van der Waals surface area contributed by atoms with Crippen LogP contribution in [0.3, 0.4) is 0 Å². The topological polar surface area (TPSA) is 49.9 Å². The molecule has 0 fully saturated rings. The van der Waals surface area contributed by atoms with E-state index in [1.807, 2.05) is 20.8 Å². The number of hydrogen-bond acceptors (Lipinski definition) is 1. The molecule has 0 aliphatic carbocycles. The fourth-order valence-corrected chi connectivity index (χ4v) is 0. The van der Waals surface area contributed by atoms with E-state index in [-0.39, 0.29) is 23.7 Å². The molecular weight excluding hydrogens is 172 g/mol. The molecule has 0 aliphatic heterocycles. The number of nitrogens with two attached hydrogens (primary N) is 1. The molecule has 2 nitrogen and oxygen atoms in total. The van der Waals surface area contributed by atoms with Gasteiger partial charge in [-0.3, -0.25) is 5.41 Å². The Bertz CT molecular complexity index is 104. The molecule has 0 saturated heterocycles. The SMILES string of the molecule is CC(C)(C)C(=N)N.CCCC.Cl. The molecule has 0 aromatic rings. The Morgan fingerprint density at radius 1 is 1.17 bits per heavy atom. The van der Waals surface area contributed by atoms with Gasteiger partial charge in [0, 0.05) is 5.41 Å². The van der Waals surface area contributed by atoms with Gasteiger partial charge in [-0.2, -0.15) is 0 Å². The molecule has 0 saturated carbocycles. The smallest absolute Gasteiger partial charge is 0.0960 e. The van der Waals surface area contributed by atoms with Crippen molar-refractivity contribution in [3.05, 3.63) is 0 Å².